The van der Waals surface area contributed by atoms with E-state index in [1.165, 1.54) is 0 Å². The quantitative estimate of drug-likeness (QED) is 0.643. The van der Waals surface area contributed by atoms with Gasteiger partial charge in [-0.05, 0) is 19.2 Å². The number of hydrogen-bond donors (Lipinski definition) is 2. The average Bonchev–Trinajstić information content (AvgIpc) is 2.35. The Labute approximate surface area is 112 Å². The third kappa shape index (κ3) is 4.19. The summed E-state index contributed by atoms with van der Waals surface area (Å²) in [6.45, 7) is 0.347. The second-order valence-corrected chi connectivity index (χ2v) is 3.89. The lowest BCUT2D eigenvalue weighted by atomic mass is 10.1. The molecule has 0 aromatic heterocycles. The molecule has 0 unspecified atom stereocenters. The molecule has 0 saturated carbocycles. The van der Waals surface area contributed by atoms with Crippen LogP contribution in [0.5, 0.6) is 0 Å². The lowest BCUT2D eigenvalue weighted by molar-refractivity contribution is -0.384. The van der Waals surface area contributed by atoms with Crippen molar-refractivity contribution in [3.63, 3.8) is 0 Å². The highest BCUT2D eigenvalue weighted by Gasteiger charge is 2.33. The van der Waals surface area contributed by atoms with Crippen molar-refractivity contribution in [1.82, 2.24) is 5.32 Å². The molecule has 0 aliphatic carbocycles. The van der Waals surface area contributed by atoms with Gasteiger partial charge in [-0.25, -0.2) is 0 Å². The number of nitrogens with zero attached hydrogens (tertiary/aromatic N) is 1. The van der Waals surface area contributed by atoms with E-state index in [4.69, 9.17) is 0 Å². The summed E-state index contributed by atoms with van der Waals surface area (Å²) >= 11 is 0. The molecule has 0 aliphatic heterocycles. The van der Waals surface area contributed by atoms with Crippen LogP contribution in [0.1, 0.15) is 12.0 Å². The molecule has 0 radical (unpaired) electrons. The topological polar surface area (TPSA) is 84.3 Å². The van der Waals surface area contributed by atoms with E-state index >= 15 is 0 Å². The number of anilines is 1. The van der Waals surface area contributed by atoms with Crippen LogP contribution in [0.3, 0.4) is 0 Å². The average molecular weight is 291 g/mol. The van der Waals surface area contributed by atoms with E-state index in [1.54, 1.807) is 7.05 Å². The van der Waals surface area contributed by atoms with Gasteiger partial charge in [-0.3, -0.25) is 14.9 Å². The molecule has 1 amide bonds. The van der Waals surface area contributed by atoms with Crippen molar-refractivity contribution in [2.45, 2.75) is 12.6 Å². The third-order valence-electron chi connectivity index (χ3n) is 2.40. The SMILES string of the molecule is CNCCC(=O)Nc1ccc(C(F)(F)F)cc1[N+](=O)[O-]. The van der Waals surface area contributed by atoms with Gasteiger partial charge in [0, 0.05) is 19.0 Å². The second-order valence-electron chi connectivity index (χ2n) is 3.89. The zero-order valence-electron chi connectivity index (χ0n) is 10.5. The highest BCUT2D eigenvalue weighted by atomic mass is 19.4. The molecule has 2 N–H and O–H groups in total. The third-order valence-corrected chi connectivity index (χ3v) is 2.40. The highest BCUT2D eigenvalue weighted by Crippen LogP contribution is 2.34. The molecule has 20 heavy (non-hydrogen) atoms. The Morgan fingerprint density at radius 1 is 1.40 bits per heavy atom. The van der Waals surface area contributed by atoms with E-state index in [9.17, 15) is 28.1 Å². The van der Waals surface area contributed by atoms with E-state index in [0.29, 0.717) is 18.7 Å². The molecule has 0 atom stereocenters. The molecule has 0 spiro atoms. The smallest absolute Gasteiger partial charge is 0.320 e. The molecule has 9 heteroatoms. The molecule has 6 nitrogen and oxygen atoms in total. The van der Waals surface area contributed by atoms with Crippen molar-refractivity contribution >= 4 is 17.3 Å². The Bertz CT molecular complexity index is 517. The monoisotopic (exact) mass is 291 g/mol. The summed E-state index contributed by atoms with van der Waals surface area (Å²) in [7, 11) is 1.62. The number of carbonyl (C=O) groups excluding carboxylic acids is 1. The minimum atomic E-state index is -4.68. The molecule has 0 saturated heterocycles. The minimum absolute atomic E-state index is 0.0503. The molecule has 0 aliphatic rings. The van der Waals surface area contributed by atoms with Gasteiger partial charge in [0.25, 0.3) is 5.69 Å². The van der Waals surface area contributed by atoms with Crippen LogP contribution in [0.2, 0.25) is 0 Å². The summed E-state index contributed by atoms with van der Waals surface area (Å²) < 4.78 is 37.4. The van der Waals surface area contributed by atoms with Crippen molar-refractivity contribution in [3.05, 3.63) is 33.9 Å². The maximum Gasteiger partial charge on any atom is 0.416 e. The molecule has 1 rings (SSSR count). The first kappa shape index (κ1) is 15.9. The molecule has 0 bridgehead atoms. The zero-order chi connectivity index (χ0) is 15.3. The van der Waals surface area contributed by atoms with Crippen LogP contribution in [0, 0.1) is 10.1 Å². The number of nitrogens with one attached hydrogen (secondary N) is 2. The Morgan fingerprint density at radius 2 is 2.05 bits per heavy atom. The van der Waals surface area contributed by atoms with Crippen LogP contribution in [0.15, 0.2) is 18.2 Å². The molecule has 110 valence electrons. The first-order valence-corrected chi connectivity index (χ1v) is 5.55. The van der Waals surface area contributed by atoms with E-state index in [-0.39, 0.29) is 12.1 Å². The van der Waals surface area contributed by atoms with Gasteiger partial charge < -0.3 is 10.6 Å². The Balaban J connectivity index is 3.02. The van der Waals surface area contributed by atoms with Crippen molar-refractivity contribution in [3.8, 4) is 0 Å². The molecule has 0 heterocycles. The fourth-order valence-corrected chi connectivity index (χ4v) is 1.42. The van der Waals surface area contributed by atoms with Crippen molar-refractivity contribution in [1.29, 1.82) is 0 Å². The van der Waals surface area contributed by atoms with Gasteiger partial charge in [0.05, 0.1) is 10.5 Å². The summed E-state index contributed by atoms with van der Waals surface area (Å²) in [6.07, 6.45) is -4.63. The number of hydrogen-bond acceptors (Lipinski definition) is 4. The summed E-state index contributed by atoms with van der Waals surface area (Å²) in [5.41, 5.74) is -2.20. The van der Waals surface area contributed by atoms with Gasteiger partial charge in [0.15, 0.2) is 0 Å². The zero-order valence-corrected chi connectivity index (χ0v) is 10.5. The van der Waals surface area contributed by atoms with Crippen LogP contribution >= 0.6 is 0 Å². The first-order chi connectivity index (χ1) is 9.25. The van der Waals surface area contributed by atoms with Crippen molar-refractivity contribution in [2.75, 3.05) is 18.9 Å². The number of nitro benzene ring substituents is 1. The lowest BCUT2D eigenvalue weighted by Gasteiger charge is -2.09. The Kier molecular flexibility index (Phi) is 5.03. The summed E-state index contributed by atoms with van der Waals surface area (Å²) in [4.78, 5) is 21.2. The summed E-state index contributed by atoms with van der Waals surface area (Å²) in [5, 5.41) is 15.7. The predicted octanol–water partition coefficient (Wildman–Crippen LogP) is 2.16. The molecular formula is C11H12F3N3O3. The normalized spacial score (nSPS) is 11.2. The molecule has 0 fully saturated rings. The number of halogens is 3. The van der Waals surface area contributed by atoms with E-state index in [0.717, 1.165) is 6.07 Å². The standard InChI is InChI=1S/C11H12F3N3O3/c1-15-5-4-10(18)16-8-3-2-7(11(12,13)14)6-9(8)17(19)20/h2-3,6,15H,4-5H2,1H3,(H,16,18). The van der Waals surface area contributed by atoms with E-state index < -0.39 is 28.3 Å². The maximum atomic E-state index is 12.5. The highest BCUT2D eigenvalue weighted by molar-refractivity contribution is 5.93. The summed E-state index contributed by atoms with van der Waals surface area (Å²) in [6, 6.07) is 1.95. The van der Waals surface area contributed by atoms with Gasteiger partial charge in [-0.15, -0.1) is 0 Å². The Hall–Kier alpha value is -2.16. The lowest BCUT2D eigenvalue weighted by Crippen LogP contribution is -2.19. The molecule has 1 aromatic carbocycles. The van der Waals surface area contributed by atoms with Crippen LogP contribution in [-0.4, -0.2) is 24.4 Å². The number of alkyl halides is 3. The van der Waals surface area contributed by atoms with Gasteiger partial charge in [-0.2, -0.15) is 13.2 Å². The number of amides is 1. The van der Waals surface area contributed by atoms with Crippen LogP contribution in [0.25, 0.3) is 0 Å². The fourth-order valence-electron chi connectivity index (χ4n) is 1.42. The minimum Gasteiger partial charge on any atom is -0.320 e. The number of carbonyl (C=O) groups is 1. The van der Waals surface area contributed by atoms with Gasteiger partial charge in [-0.1, -0.05) is 0 Å². The predicted molar refractivity (Wildman–Crippen MR) is 65.3 cm³/mol. The molecule has 1 aromatic rings. The van der Waals surface area contributed by atoms with E-state index in [2.05, 4.69) is 10.6 Å². The van der Waals surface area contributed by atoms with Crippen LogP contribution in [0.4, 0.5) is 24.5 Å². The largest absolute Gasteiger partial charge is 0.416 e. The number of nitro groups is 1. The number of rotatable bonds is 5. The van der Waals surface area contributed by atoms with Crippen LogP contribution < -0.4 is 10.6 Å². The van der Waals surface area contributed by atoms with Gasteiger partial charge in [0.2, 0.25) is 5.91 Å². The first-order valence-electron chi connectivity index (χ1n) is 5.55. The maximum absolute atomic E-state index is 12.5. The Morgan fingerprint density at radius 3 is 2.55 bits per heavy atom. The molecular weight excluding hydrogens is 279 g/mol. The van der Waals surface area contributed by atoms with Gasteiger partial charge >= 0.3 is 6.18 Å². The van der Waals surface area contributed by atoms with Crippen LogP contribution in [-0.2, 0) is 11.0 Å². The van der Waals surface area contributed by atoms with Gasteiger partial charge in [0.1, 0.15) is 5.69 Å². The fraction of sp³-hybridized carbons (Fsp3) is 0.364. The second kappa shape index (κ2) is 6.33. The van der Waals surface area contributed by atoms with Crippen molar-refractivity contribution < 1.29 is 22.9 Å². The number of benzene rings is 1. The van der Waals surface area contributed by atoms with E-state index in [1.807, 2.05) is 0 Å². The van der Waals surface area contributed by atoms with Crippen molar-refractivity contribution in [2.24, 2.45) is 0 Å². The summed E-state index contributed by atoms with van der Waals surface area (Å²) in [5.74, 6) is -0.526.